The van der Waals surface area contributed by atoms with E-state index >= 15 is 0 Å². The first-order valence-electron chi connectivity index (χ1n) is 20.8. The Bertz CT molecular complexity index is 2390. The smallest absolute Gasteiger partial charge is 0.657 e. The van der Waals surface area contributed by atoms with Gasteiger partial charge in [0.2, 0.25) is 0 Å². The van der Waals surface area contributed by atoms with Crippen molar-refractivity contribution in [3.8, 4) is 0 Å². The molecule has 5 rings (SSSR count). The molecule has 60 heavy (non-hydrogen) atoms. The van der Waals surface area contributed by atoms with E-state index in [0.29, 0.717) is 80.3 Å². The Kier molecular flexibility index (Phi) is 17.3. The van der Waals surface area contributed by atoms with Crippen LogP contribution in [0.15, 0.2) is 54.1 Å². The minimum Gasteiger partial charge on any atom is -0.657 e. The van der Waals surface area contributed by atoms with Gasteiger partial charge in [0.05, 0.1) is 35.5 Å². The largest absolute Gasteiger partial charge is 2.00 e. The zero-order valence-electron chi connectivity index (χ0n) is 36.1. The van der Waals surface area contributed by atoms with Crippen LogP contribution < -0.4 is 9.97 Å². The predicted molar refractivity (Wildman–Crippen MR) is 238 cm³/mol. The van der Waals surface area contributed by atoms with Gasteiger partial charge in [0.25, 0.3) is 0 Å². The van der Waals surface area contributed by atoms with E-state index in [-0.39, 0.29) is 42.8 Å². The molecule has 11 heteroatoms. The summed E-state index contributed by atoms with van der Waals surface area (Å²) in [6.45, 7) is 18.3. The fourth-order valence-electron chi connectivity index (χ4n) is 8.10. The Morgan fingerprint density at radius 2 is 1.33 bits per heavy atom. The molecule has 0 saturated carbocycles. The van der Waals surface area contributed by atoms with Crippen LogP contribution in [-0.4, -0.2) is 48.4 Å². The Morgan fingerprint density at radius 1 is 0.750 bits per heavy atom. The van der Waals surface area contributed by atoms with Crippen LogP contribution in [0.4, 0.5) is 0 Å². The molecule has 320 valence electrons. The number of carbonyl (C=O) groups is 2. The van der Waals surface area contributed by atoms with Crippen LogP contribution in [0, 0.1) is 12.8 Å². The molecule has 0 amide bonds. The van der Waals surface area contributed by atoms with Crippen molar-refractivity contribution < 1.29 is 47.1 Å². The third-order valence-corrected chi connectivity index (χ3v) is 11.6. The third kappa shape index (κ3) is 11.7. The number of allylic oxidation sites excluding steroid dienone is 7. The monoisotopic (exact) mass is 856 g/mol. The molecule has 0 aromatic carbocycles. The molecule has 3 aromatic heterocycles. The number of rotatable bonds is 19. The van der Waals surface area contributed by atoms with Gasteiger partial charge in [-0.1, -0.05) is 84.7 Å². The molecule has 2 aliphatic rings. The molecule has 2 atom stereocenters. The van der Waals surface area contributed by atoms with Crippen molar-refractivity contribution in [3.63, 3.8) is 0 Å². The summed E-state index contributed by atoms with van der Waals surface area (Å²) in [7, 11) is 0. The molecule has 0 spiro atoms. The van der Waals surface area contributed by atoms with Gasteiger partial charge < -0.3 is 30.4 Å². The van der Waals surface area contributed by atoms with Crippen molar-refractivity contribution in [2.75, 3.05) is 0 Å². The molecule has 5 heterocycles. The van der Waals surface area contributed by atoms with Crippen molar-refractivity contribution in [1.29, 1.82) is 0 Å². The standard InChI is InChI=1S/C49H62N4O6.Fe/c1-9-34-31(6)39-25-45-49(46(55)18-12-17-30(5)16-11-15-29(4)14-10-13-28(2)3)33(8)40(52-45)24-44-37(27-54)36(20-22-48(58)59)43(53-44)26-42-35(19-21-47(56)57)32(7)38(51-42)23-41(34)50-39;/h9,13,17,23-26,29,46,54-55H,1,10-12,14-16,18-22,27H2,2-8H3,(H4,50,51,52,53,56,57,58,59);/q;+2/p-2/b30-17+,38-23?,39-25?,40-24?,41-23?,42-26?,43-26?,44-24?,45-25?;/t29?,46-;/m0./s1. The van der Waals surface area contributed by atoms with Gasteiger partial charge in [0.15, 0.2) is 0 Å². The van der Waals surface area contributed by atoms with Gasteiger partial charge >= 0.3 is 29.0 Å². The number of carboxylic acid groups (broad SMARTS) is 2. The van der Waals surface area contributed by atoms with Crippen LogP contribution >= 0.6 is 0 Å². The first kappa shape index (κ1) is 47.9. The first-order valence-corrected chi connectivity index (χ1v) is 20.8. The number of aliphatic hydroxyl groups excluding tert-OH is 2. The molecule has 1 unspecified atom stereocenters. The van der Waals surface area contributed by atoms with Crippen molar-refractivity contribution >= 4 is 62.4 Å². The number of fused-ring (bicyclic) bond motifs is 8. The zero-order chi connectivity index (χ0) is 43.0. The van der Waals surface area contributed by atoms with Crippen molar-refractivity contribution in [2.45, 2.75) is 132 Å². The van der Waals surface area contributed by atoms with Gasteiger partial charge in [0, 0.05) is 18.4 Å². The summed E-state index contributed by atoms with van der Waals surface area (Å²) in [6.07, 6.45) is 12.4. The summed E-state index contributed by atoms with van der Waals surface area (Å²) in [5.41, 5.74) is 12.9. The van der Waals surface area contributed by atoms with E-state index in [2.05, 4.69) is 46.4 Å². The number of aliphatic hydroxyl groups is 2. The van der Waals surface area contributed by atoms with Crippen molar-refractivity contribution in [2.24, 2.45) is 5.92 Å². The van der Waals surface area contributed by atoms with Crippen LogP contribution in [0.5, 0.6) is 0 Å². The number of hydrogen-bond acceptors (Lipinski definition) is 6. The first-order chi connectivity index (χ1) is 28.1. The summed E-state index contributed by atoms with van der Waals surface area (Å²) in [5.74, 6) is -1.24. The second kappa shape index (κ2) is 21.6. The van der Waals surface area contributed by atoms with Crippen LogP contribution in [0.3, 0.4) is 0 Å². The fraction of sp³-hybridized carbons (Fsp3) is 0.429. The SMILES string of the molecule is C=Cc1c(C)c2cc3nc(cc4[n-]c(cc5nc(cc1[n-]2)C(C)=C5CCC(=O)O)c(CCC(=O)O)c4CO)C(C)=C3[C@@H](O)CC/C=C(\C)CCCC(C)CCC=C(C)C.[Fe+2]. The number of nitrogens with zero attached hydrogens (tertiary/aromatic N) is 4. The summed E-state index contributed by atoms with van der Waals surface area (Å²) in [4.78, 5) is 43.5. The molecular weight excluding hydrogens is 796 g/mol. The second-order valence-corrected chi connectivity index (χ2v) is 16.4. The molecule has 8 bridgehead atoms. The summed E-state index contributed by atoms with van der Waals surface area (Å²) in [5, 5.41) is 41.8. The molecule has 0 fully saturated rings. The van der Waals surface area contributed by atoms with E-state index in [4.69, 9.17) is 19.9 Å². The van der Waals surface area contributed by atoms with Crippen molar-refractivity contribution in [3.05, 3.63) is 99.2 Å². The number of hydrogen-bond donors (Lipinski definition) is 4. The molecule has 0 saturated heterocycles. The average molecular weight is 857 g/mol. The Balaban J connectivity index is 0.00000794. The van der Waals surface area contributed by atoms with Crippen LogP contribution in [0.1, 0.15) is 151 Å². The normalized spacial score (nSPS) is 13.9. The van der Waals surface area contributed by atoms with E-state index in [0.717, 1.165) is 47.1 Å². The maximum absolute atomic E-state index is 11.9. The Hall–Kier alpha value is -4.80. The topological polar surface area (TPSA) is 169 Å². The van der Waals surface area contributed by atoms with Crippen molar-refractivity contribution in [1.82, 2.24) is 19.9 Å². The summed E-state index contributed by atoms with van der Waals surface area (Å²) >= 11 is 0. The molecule has 3 aromatic rings. The van der Waals surface area contributed by atoms with Gasteiger partial charge in [0.1, 0.15) is 0 Å². The average Bonchev–Trinajstić information content (AvgIpc) is 3.85. The second-order valence-electron chi connectivity index (χ2n) is 16.4. The molecule has 2 aliphatic heterocycles. The number of aryl methyl sites for hydroxylation is 2. The Labute approximate surface area is 364 Å². The maximum atomic E-state index is 11.9. The van der Waals surface area contributed by atoms with E-state index in [1.54, 1.807) is 18.2 Å². The van der Waals surface area contributed by atoms with E-state index in [1.807, 2.05) is 32.9 Å². The summed E-state index contributed by atoms with van der Waals surface area (Å²) in [6, 6.07) is 7.31. The van der Waals surface area contributed by atoms with E-state index in [1.165, 1.54) is 24.0 Å². The van der Waals surface area contributed by atoms with Gasteiger partial charge in [-0.3, -0.25) is 9.59 Å². The van der Waals surface area contributed by atoms with Gasteiger partial charge in [-0.25, -0.2) is 9.97 Å². The zero-order valence-corrected chi connectivity index (χ0v) is 37.2. The quantitative estimate of drug-likeness (QED) is 0.0672. The number of carboxylic acids is 2. The minimum atomic E-state index is -0.987. The molecule has 0 aliphatic carbocycles. The summed E-state index contributed by atoms with van der Waals surface area (Å²) < 4.78 is 0. The minimum absolute atomic E-state index is 0. The fourth-order valence-corrected chi connectivity index (χ4v) is 8.10. The van der Waals surface area contributed by atoms with Crippen LogP contribution in [0.25, 0.3) is 50.4 Å². The van der Waals surface area contributed by atoms with E-state index in [9.17, 15) is 30.0 Å². The van der Waals surface area contributed by atoms with Gasteiger partial charge in [-0.2, -0.15) is 0 Å². The number of aromatic nitrogens is 4. The van der Waals surface area contributed by atoms with Gasteiger partial charge in [-0.05, 0) is 127 Å². The molecular formula is C49H60FeN4O6. The third-order valence-electron chi connectivity index (χ3n) is 11.6. The van der Waals surface area contributed by atoms with Crippen LogP contribution in [-0.2, 0) is 39.7 Å². The molecule has 10 nitrogen and oxygen atoms in total. The number of aliphatic carboxylic acids is 2. The maximum Gasteiger partial charge on any atom is 2.00 e. The Morgan fingerprint density at radius 3 is 2.00 bits per heavy atom. The van der Waals surface area contributed by atoms with Gasteiger partial charge in [-0.15, -0.1) is 22.1 Å². The predicted octanol–water partition coefficient (Wildman–Crippen LogP) is 10.4. The van der Waals surface area contributed by atoms with Crippen LogP contribution in [0.2, 0.25) is 0 Å². The molecule has 4 N–H and O–H groups in total. The molecule has 0 radical (unpaired) electrons. The van der Waals surface area contributed by atoms with E-state index < -0.39 is 24.6 Å².